The van der Waals surface area contributed by atoms with E-state index in [2.05, 4.69) is 0 Å². The highest BCUT2D eigenvalue weighted by molar-refractivity contribution is 5.91. The van der Waals surface area contributed by atoms with Gasteiger partial charge < -0.3 is 19.3 Å². The van der Waals surface area contributed by atoms with Crippen LogP contribution in [-0.4, -0.2) is 76.2 Å². The molecule has 0 aliphatic carbocycles. The highest BCUT2D eigenvalue weighted by Gasteiger charge is 2.70. The van der Waals surface area contributed by atoms with Crippen molar-refractivity contribution in [3.05, 3.63) is 0 Å². The van der Waals surface area contributed by atoms with Gasteiger partial charge in [-0.15, -0.1) is 0 Å². The van der Waals surface area contributed by atoms with Crippen LogP contribution in [0.2, 0.25) is 0 Å². The smallest absolute Gasteiger partial charge is 0.315 e. The van der Waals surface area contributed by atoms with Gasteiger partial charge in [0.05, 0.1) is 14.2 Å². The van der Waals surface area contributed by atoms with Gasteiger partial charge in [0.2, 0.25) is 0 Å². The topological polar surface area (TPSA) is 59.1 Å². The monoisotopic (exact) mass is 256 g/mol. The molecule has 2 rings (SSSR count). The predicted octanol–water partition coefficient (Wildman–Crippen LogP) is -0.804. The molecular formula is C12H20N2O4. The lowest BCUT2D eigenvalue weighted by molar-refractivity contribution is -0.168. The van der Waals surface area contributed by atoms with Crippen LogP contribution in [-0.2, 0) is 19.1 Å². The third kappa shape index (κ3) is 1.48. The molecule has 0 atom stereocenters. The molecule has 0 amide bonds. The van der Waals surface area contributed by atoms with Crippen LogP contribution in [0.3, 0.4) is 0 Å². The first-order valence-corrected chi connectivity index (χ1v) is 5.96. The molecule has 18 heavy (non-hydrogen) atoms. The summed E-state index contributed by atoms with van der Waals surface area (Å²) in [6, 6.07) is 0. The Morgan fingerprint density at radius 2 is 1.11 bits per heavy atom. The van der Waals surface area contributed by atoms with Crippen LogP contribution in [0, 0.1) is 10.8 Å². The molecule has 2 fully saturated rings. The zero-order chi connectivity index (χ0) is 13.6. The minimum atomic E-state index is -0.807. The maximum atomic E-state index is 12.3. The van der Waals surface area contributed by atoms with Crippen molar-refractivity contribution in [1.82, 2.24) is 9.80 Å². The van der Waals surface area contributed by atoms with Crippen molar-refractivity contribution in [2.45, 2.75) is 0 Å². The van der Waals surface area contributed by atoms with Crippen LogP contribution in [0.15, 0.2) is 0 Å². The molecule has 2 heterocycles. The maximum Gasteiger partial charge on any atom is 0.315 e. The molecule has 0 saturated carbocycles. The Kier molecular flexibility index (Phi) is 3.11. The van der Waals surface area contributed by atoms with Crippen LogP contribution in [0.4, 0.5) is 0 Å². The molecule has 0 unspecified atom stereocenters. The Bertz CT molecular complexity index is 334. The van der Waals surface area contributed by atoms with Crippen molar-refractivity contribution in [1.29, 1.82) is 0 Å². The second-order valence-corrected chi connectivity index (χ2v) is 5.49. The molecule has 0 aromatic carbocycles. The first kappa shape index (κ1) is 13.3. The van der Waals surface area contributed by atoms with Crippen molar-refractivity contribution in [2.75, 3.05) is 54.5 Å². The van der Waals surface area contributed by atoms with Crippen molar-refractivity contribution in [3.8, 4) is 0 Å². The SMILES string of the molecule is COC(=O)C12CN(C)CC1(C(=O)OC)CN(C)C2. The van der Waals surface area contributed by atoms with Crippen molar-refractivity contribution >= 4 is 11.9 Å². The summed E-state index contributed by atoms with van der Waals surface area (Å²) < 4.78 is 9.91. The van der Waals surface area contributed by atoms with Gasteiger partial charge in [-0.3, -0.25) is 9.59 Å². The summed E-state index contributed by atoms with van der Waals surface area (Å²) in [5.74, 6) is -0.636. The fraction of sp³-hybridized carbons (Fsp3) is 0.833. The van der Waals surface area contributed by atoms with Crippen LogP contribution in [0.5, 0.6) is 0 Å². The minimum absolute atomic E-state index is 0.318. The Morgan fingerprint density at radius 1 is 0.833 bits per heavy atom. The normalized spacial score (nSPS) is 36.4. The first-order chi connectivity index (χ1) is 8.41. The summed E-state index contributed by atoms with van der Waals surface area (Å²) >= 11 is 0. The summed E-state index contributed by atoms with van der Waals surface area (Å²) in [5.41, 5.74) is -1.61. The average molecular weight is 256 g/mol. The van der Waals surface area contributed by atoms with Crippen molar-refractivity contribution in [2.24, 2.45) is 10.8 Å². The second kappa shape index (κ2) is 4.20. The molecule has 0 N–H and O–H groups in total. The van der Waals surface area contributed by atoms with Crippen LogP contribution < -0.4 is 0 Å². The zero-order valence-corrected chi connectivity index (χ0v) is 11.4. The van der Waals surface area contributed by atoms with E-state index in [1.807, 2.05) is 23.9 Å². The van der Waals surface area contributed by atoms with Crippen LogP contribution in [0.1, 0.15) is 0 Å². The van der Waals surface area contributed by atoms with Gasteiger partial charge in [0.25, 0.3) is 0 Å². The van der Waals surface area contributed by atoms with Gasteiger partial charge in [0, 0.05) is 26.2 Å². The Morgan fingerprint density at radius 3 is 1.33 bits per heavy atom. The average Bonchev–Trinajstić information content (AvgIpc) is 2.75. The third-order valence-corrected chi connectivity index (χ3v) is 4.23. The minimum Gasteiger partial charge on any atom is -0.468 e. The van der Waals surface area contributed by atoms with Crippen LogP contribution >= 0.6 is 0 Å². The molecule has 0 aromatic heterocycles. The molecule has 2 aliphatic rings. The van der Waals surface area contributed by atoms with Crippen LogP contribution in [0.25, 0.3) is 0 Å². The fourth-order valence-electron chi connectivity index (χ4n) is 3.70. The first-order valence-electron chi connectivity index (χ1n) is 5.96. The summed E-state index contributed by atoms with van der Waals surface area (Å²) in [5, 5.41) is 0. The number of esters is 2. The molecule has 2 saturated heterocycles. The number of likely N-dealkylation sites (tertiary alicyclic amines) is 2. The Balaban J connectivity index is 2.50. The van der Waals surface area contributed by atoms with Gasteiger partial charge in [0.1, 0.15) is 10.8 Å². The summed E-state index contributed by atoms with van der Waals surface area (Å²) in [6.07, 6.45) is 0. The maximum absolute atomic E-state index is 12.3. The number of methoxy groups -OCH3 is 2. The third-order valence-electron chi connectivity index (χ3n) is 4.23. The quantitative estimate of drug-likeness (QED) is 0.603. The predicted molar refractivity (Wildman–Crippen MR) is 63.9 cm³/mol. The lowest BCUT2D eigenvalue weighted by Crippen LogP contribution is -2.52. The number of fused-ring (bicyclic) bond motifs is 1. The lowest BCUT2D eigenvalue weighted by Gasteiger charge is -2.33. The van der Waals surface area contributed by atoms with E-state index < -0.39 is 10.8 Å². The molecule has 0 radical (unpaired) electrons. The van der Waals surface area contributed by atoms with E-state index in [1.54, 1.807) is 0 Å². The highest BCUT2D eigenvalue weighted by Crippen LogP contribution is 2.52. The van der Waals surface area contributed by atoms with Gasteiger partial charge in [-0.25, -0.2) is 0 Å². The number of hydrogen-bond acceptors (Lipinski definition) is 6. The zero-order valence-electron chi connectivity index (χ0n) is 11.4. The summed E-state index contributed by atoms with van der Waals surface area (Å²) in [6.45, 7) is 2.11. The van der Waals surface area contributed by atoms with E-state index in [4.69, 9.17) is 9.47 Å². The van der Waals surface area contributed by atoms with E-state index in [1.165, 1.54) is 14.2 Å². The fourth-order valence-corrected chi connectivity index (χ4v) is 3.70. The molecule has 102 valence electrons. The molecule has 0 aromatic rings. The van der Waals surface area contributed by atoms with Gasteiger partial charge >= 0.3 is 11.9 Å². The number of carbonyl (C=O) groups is 2. The van der Waals surface area contributed by atoms with Gasteiger partial charge in [0.15, 0.2) is 0 Å². The molecule has 6 heteroatoms. The van der Waals surface area contributed by atoms with Crippen molar-refractivity contribution < 1.29 is 19.1 Å². The summed E-state index contributed by atoms with van der Waals surface area (Å²) in [4.78, 5) is 28.5. The standard InChI is InChI=1S/C12H20N2O4/c1-13-5-11(9(15)17-3)7-14(2)8-12(11,6-13)10(16)18-4/h5-8H2,1-4H3. The van der Waals surface area contributed by atoms with E-state index in [0.717, 1.165) is 0 Å². The van der Waals surface area contributed by atoms with E-state index in [-0.39, 0.29) is 11.9 Å². The molecule has 0 spiro atoms. The van der Waals surface area contributed by atoms with Gasteiger partial charge in [-0.05, 0) is 14.1 Å². The number of hydrogen-bond donors (Lipinski definition) is 0. The van der Waals surface area contributed by atoms with E-state index in [9.17, 15) is 9.59 Å². The van der Waals surface area contributed by atoms with E-state index in [0.29, 0.717) is 26.2 Å². The highest BCUT2D eigenvalue weighted by atomic mass is 16.5. The number of ether oxygens (including phenoxy) is 2. The lowest BCUT2D eigenvalue weighted by atomic mass is 9.68. The Labute approximate surface area is 107 Å². The second-order valence-electron chi connectivity index (χ2n) is 5.49. The summed E-state index contributed by atoms with van der Waals surface area (Å²) in [7, 11) is 6.56. The molecule has 2 aliphatic heterocycles. The number of rotatable bonds is 2. The van der Waals surface area contributed by atoms with Gasteiger partial charge in [-0.2, -0.15) is 0 Å². The number of carbonyl (C=O) groups excluding carboxylic acids is 2. The van der Waals surface area contributed by atoms with Crippen molar-refractivity contribution in [3.63, 3.8) is 0 Å². The van der Waals surface area contributed by atoms with Gasteiger partial charge in [-0.1, -0.05) is 0 Å². The van der Waals surface area contributed by atoms with E-state index >= 15 is 0 Å². The largest absolute Gasteiger partial charge is 0.468 e. The number of nitrogens with zero attached hydrogens (tertiary/aromatic N) is 2. The molecule has 0 bridgehead atoms. The molecule has 6 nitrogen and oxygen atoms in total. The molecular weight excluding hydrogens is 236 g/mol. The Hall–Kier alpha value is -1.14.